The van der Waals surface area contributed by atoms with Gasteiger partial charge in [0.15, 0.2) is 0 Å². The van der Waals surface area contributed by atoms with E-state index in [0.717, 1.165) is 25.9 Å². The van der Waals surface area contributed by atoms with Crippen LogP contribution in [0.4, 0.5) is 0 Å². The number of carbonyl (C=O) groups excluding carboxylic acids is 1. The molecule has 3 N–H and O–H groups in total. The van der Waals surface area contributed by atoms with Crippen LogP contribution in [0.3, 0.4) is 0 Å². The molecule has 0 bridgehead atoms. The summed E-state index contributed by atoms with van der Waals surface area (Å²) >= 11 is 0. The Balaban J connectivity index is 1.54. The van der Waals surface area contributed by atoms with Gasteiger partial charge in [0, 0.05) is 31.1 Å². The molecule has 1 saturated carbocycles. The molecule has 3 rings (SSSR count). The maximum absolute atomic E-state index is 12.4. The second-order valence-electron chi connectivity index (χ2n) is 5.87. The highest BCUT2D eigenvalue weighted by Crippen LogP contribution is 2.29. The molecule has 1 aromatic heterocycles. The van der Waals surface area contributed by atoms with Gasteiger partial charge in [-0.3, -0.25) is 4.79 Å². The maximum atomic E-state index is 12.4. The molecule has 7 nitrogen and oxygen atoms in total. The molecule has 110 valence electrons. The molecular formula is C13H21N5O2. The zero-order valence-electron chi connectivity index (χ0n) is 11.4. The lowest BCUT2D eigenvalue weighted by molar-refractivity contribution is -0.136. The van der Waals surface area contributed by atoms with E-state index in [1.807, 2.05) is 9.47 Å². The summed E-state index contributed by atoms with van der Waals surface area (Å²) in [7, 11) is 0. The van der Waals surface area contributed by atoms with Gasteiger partial charge in [-0.1, -0.05) is 0 Å². The number of rotatable bonds is 2. The number of nitrogens with two attached hydrogens (primary N) is 1. The van der Waals surface area contributed by atoms with Gasteiger partial charge in [0.05, 0.1) is 6.10 Å². The molecule has 0 spiro atoms. The first-order chi connectivity index (χ1) is 9.65. The van der Waals surface area contributed by atoms with Crippen LogP contribution in [0, 0.1) is 5.92 Å². The van der Waals surface area contributed by atoms with Gasteiger partial charge in [0.1, 0.15) is 12.7 Å². The molecule has 1 aliphatic carbocycles. The van der Waals surface area contributed by atoms with Crippen molar-refractivity contribution in [1.29, 1.82) is 0 Å². The molecule has 2 heterocycles. The fourth-order valence-corrected chi connectivity index (χ4v) is 3.29. The van der Waals surface area contributed by atoms with E-state index in [-0.39, 0.29) is 17.9 Å². The van der Waals surface area contributed by atoms with E-state index in [2.05, 4.69) is 10.2 Å². The molecule has 2 aliphatic rings. The van der Waals surface area contributed by atoms with E-state index in [4.69, 9.17) is 5.73 Å². The van der Waals surface area contributed by atoms with Crippen molar-refractivity contribution in [3.8, 4) is 0 Å². The second kappa shape index (κ2) is 5.49. The van der Waals surface area contributed by atoms with Gasteiger partial charge in [-0.25, -0.2) is 0 Å². The van der Waals surface area contributed by atoms with Crippen molar-refractivity contribution >= 4 is 5.91 Å². The summed E-state index contributed by atoms with van der Waals surface area (Å²) in [5, 5.41) is 17.3. The van der Waals surface area contributed by atoms with Crippen LogP contribution in [0.2, 0.25) is 0 Å². The first-order valence-electron chi connectivity index (χ1n) is 7.21. The summed E-state index contributed by atoms with van der Waals surface area (Å²) in [4.78, 5) is 14.3. The fourth-order valence-electron chi connectivity index (χ4n) is 3.29. The molecule has 1 amide bonds. The smallest absolute Gasteiger partial charge is 0.225 e. The van der Waals surface area contributed by atoms with Crippen LogP contribution in [0.5, 0.6) is 0 Å². The van der Waals surface area contributed by atoms with Gasteiger partial charge in [-0.2, -0.15) is 0 Å². The number of piperidine rings is 1. The molecule has 0 radical (unpaired) electrons. The summed E-state index contributed by atoms with van der Waals surface area (Å²) in [5.41, 5.74) is 5.78. The standard InChI is InChI=1S/C13H21N5O2/c14-11-5-9(6-12(11)19)13(20)17-3-1-10(2-4-17)18-7-15-16-8-18/h7-12,19H,1-6,14H2/t9-,11-,12-/m0/s1. The summed E-state index contributed by atoms with van der Waals surface area (Å²) in [6.07, 6.45) is 5.88. The quantitative estimate of drug-likeness (QED) is 0.763. The Kier molecular flexibility index (Phi) is 3.71. The van der Waals surface area contributed by atoms with Gasteiger partial charge in [-0.15, -0.1) is 10.2 Å². The number of carbonyl (C=O) groups is 1. The normalized spacial score (nSPS) is 31.7. The van der Waals surface area contributed by atoms with E-state index in [0.29, 0.717) is 18.9 Å². The number of aliphatic hydroxyl groups is 1. The van der Waals surface area contributed by atoms with Crippen LogP contribution in [0.25, 0.3) is 0 Å². The number of amides is 1. The summed E-state index contributed by atoms with van der Waals surface area (Å²) in [6.45, 7) is 1.51. The topological polar surface area (TPSA) is 97.3 Å². The molecule has 0 aromatic carbocycles. The molecule has 20 heavy (non-hydrogen) atoms. The van der Waals surface area contributed by atoms with Crippen molar-refractivity contribution in [2.24, 2.45) is 11.7 Å². The van der Waals surface area contributed by atoms with Crippen molar-refractivity contribution in [2.75, 3.05) is 13.1 Å². The summed E-state index contributed by atoms with van der Waals surface area (Å²) < 4.78 is 2.01. The number of likely N-dealkylation sites (tertiary alicyclic amines) is 1. The first kappa shape index (κ1) is 13.5. The average Bonchev–Trinajstić information content (AvgIpc) is 3.09. The lowest BCUT2D eigenvalue weighted by Crippen LogP contribution is -2.41. The van der Waals surface area contributed by atoms with Gasteiger partial charge in [-0.05, 0) is 25.7 Å². The number of hydrogen-bond acceptors (Lipinski definition) is 5. The summed E-state index contributed by atoms with van der Waals surface area (Å²) in [5.74, 6) is 0.0469. The Morgan fingerprint density at radius 3 is 2.40 bits per heavy atom. The predicted octanol–water partition coefficient (Wildman–Crippen LogP) is -0.460. The molecule has 1 saturated heterocycles. The zero-order valence-corrected chi connectivity index (χ0v) is 11.4. The van der Waals surface area contributed by atoms with Crippen LogP contribution >= 0.6 is 0 Å². The molecule has 1 aromatic rings. The van der Waals surface area contributed by atoms with Gasteiger partial charge in [0.25, 0.3) is 0 Å². The third-order valence-corrected chi connectivity index (χ3v) is 4.56. The molecule has 3 atom stereocenters. The largest absolute Gasteiger partial charge is 0.391 e. The molecule has 0 unspecified atom stereocenters. The molecule has 2 fully saturated rings. The van der Waals surface area contributed by atoms with Crippen LogP contribution in [0.1, 0.15) is 31.7 Å². The van der Waals surface area contributed by atoms with Crippen molar-refractivity contribution in [1.82, 2.24) is 19.7 Å². The highest BCUT2D eigenvalue weighted by Gasteiger charge is 2.37. The van der Waals surface area contributed by atoms with Crippen LogP contribution in [-0.4, -0.2) is 55.9 Å². The molecular weight excluding hydrogens is 258 g/mol. The minimum atomic E-state index is -0.529. The third kappa shape index (κ3) is 2.55. The lowest BCUT2D eigenvalue weighted by atomic mass is 10.0. The van der Waals surface area contributed by atoms with Crippen LogP contribution in [0.15, 0.2) is 12.7 Å². The maximum Gasteiger partial charge on any atom is 0.225 e. The Morgan fingerprint density at radius 2 is 1.85 bits per heavy atom. The average molecular weight is 279 g/mol. The Hall–Kier alpha value is -1.47. The monoisotopic (exact) mass is 279 g/mol. The minimum Gasteiger partial charge on any atom is -0.391 e. The third-order valence-electron chi connectivity index (χ3n) is 4.56. The lowest BCUT2D eigenvalue weighted by Gasteiger charge is -2.33. The van der Waals surface area contributed by atoms with E-state index >= 15 is 0 Å². The zero-order chi connectivity index (χ0) is 14.1. The highest BCUT2D eigenvalue weighted by atomic mass is 16.3. The van der Waals surface area contributed by atoms with E-state index in [1.165, 1.54) is 0 Å². The molecule has 1 aliphatic heterocycles. The Morgan fingerprint density at radius 1 is 1.20 bits per heavy atom. The van der Waals surface area contributed by atoms with Crippen molar-refractivity contribution in [2.45, 2.75) is 43.9 Å². The van der Waals surface area contributed by atoms with Crippen LogP contribution < -0.4 is 5.73 Å². The Bertz CT molecular complexity index is 445. The fraction of sp³-hybridized carbons (Fsp3) is 0.769. The van der Waals surface area contributed by atoms with Gasteiger partial charge < -0.3 is 20.3 Å². The van der Waals surface area contributed by atoms with Gasteiger partial charge in [0.2, 0.25) is 5.91 Å². The van der Waals surface area contributed by atoms with Crippen molar-refractivity contribution < 1.29 is 9.90 Å². The van der Waals surface area contributed by atoms with Gasteiger partial charge >= 0.3 is 0 Å². The van der Waals surface area contributed by atoms with E-state index in [9.17, 15) is 9.90 Å². The van der Waals surface area contributed by atoms with E-state index < -0.39 is 6.10 Å². The highest BCUT2D eigenvalue weighted by molar-refractivity contribution is 5.79. The predicted molar refractivity (Wildman–Crippen MR) is 71.6 cm³/mol. The van der Waals surface area contributed by atoms with Crippen molar-refractivity contribution in [3.05, 3.63) is 12.7 Å². The number of nitrogens with zero attached hydrogens (tertiary/aromatic N) is 4. The van der Waals surface area contributed by atoms with Crippen LogP contribution in [-0.2, 0) is 4.79 Å². The number of hydrogen-bond donors (Lipinski definition) is 2. The molecule has 7 heteroatoms. The first-order valence-corrected chi connectivity index (χ1v) is 7.21. The summed E-state index contributed by atoms with van der Waals surface area (Å²) in [6, 6.07) is 0.129. The second-order valence-corrected chi connectivity index (χ2v) is 5.87. The van der Waals surface area contributed by atoms with Crippen molar-refractivity contribution in [3.63, 3.8) is 0 Å². The van der Waals surface area contributed by atoms with E-state index in [1.54, 1.807) is 12.7 Å². The minimum absolute atomic E-state index is 0.105. The number of aliphatic hydroxyl groups excluding tert-OH is 1. The number of aromatic nitrogens is 3. The Labute approximate surface area is 117 Å². The SMILES string of the molecule is N[C@H]1C[C@H](C(=O)N2CCC(n3cnnc3)CC2)C[C@@H]1O.